The Morgan fingerprint density at radius 2 is 2.27 bits per heavy atom. The second-order valence-electron chi connectivity index (χ2n) is 4.75. The molecule has 2 heterocycles. The molecule has 0 aromatic carbocycles. The Hall–Kier alpha value is -0.940. The highest BCUT2D eigenvalue weighted by molar-refractivity contribution is 5.09. The van der Waals surface area contributed by atoms with E-state index in [1.54, 1.807) is 0 Å². The van der Waals surface area contributed by atoms with Crippen molar-refractivity contribution in [3.63, 3.8) is 0 Å². The summed E-state index contributed by atoms with van der Waals surface area (Å²) in [5.74, 6) is 1.58. The summed E-state index contributed by atoms with van der Waals surface area (Å²) in [5, 5.41) is 3.99. The van der Waals surface area contributed by atoms with Crippen molar-refractivity contribution >= 4 is 0 Å². The van der Waals surface area contributed by atoms with Crippen LogP contribution in [0.2, 0.25) is 0 Å². The van der Waals surface area contributed by atoms with E-state index in [0.29, 0.717) is 11.7 Å². The van der Waals surface area contributed by atoms with E-state index in [2.05, 4.69) is 22.1 Å². The molecule has 1 aliphatic heterocycles. The van der Waals surface area contributed by atoms with Crippen LogP contribution in [0.4, 0.5) is 0 Å². The predicted octanol–water partition coefficient (Wildman–Crippen LogP) is 0.682. The van der Waals surface area contributed by atoms with E-state index < -0.39 is 5.54 Å². The third kappa shape index (κ3) is 1.89. The topological polar surface area (TPSA) is 68.2 Å². The molecule has 5 heteroatoms. The lowest BCUT2D eigenvalue weighted by Crippen LogP contribution is -2.40. The molecule has 1 aromatic heterocycles. The molecule has 0 aliphatic carbocycles. The van der Waals surface area contributed by atoms with Crippen molar-refractivity contribution in [1.82, 2.24) is 15.0 Å². The van der Waals surface area contributed by atoms with E-state index in [4.69, 9.17) is 10.3 Å². The number of nitrogens with zero attached hydrogens (tertiary/aromatic N) is 3. The van der Waals surface area contributed by atoms with Gasteiger partial charge in [0.15, 0.2) is 5.82 Å². The van der Waals surface area contributed by atoms with Gasteiger partial charge in [0.1, 0.15) is 0 Å². The summed E-state index contributed by atoms with van der Waals surface area (Å²) in [6.45, 7) is 5.84. The van der Waals surface area contributed by atoms with Crippen molar-refractivity contribution in [1.29, 1.82) is 0 Å². The van der Waals surface area contributed by atoms with Gasteiger partial charge in [-0.2, -0.15) is 4.98 Å². The van der Waals surface area contributed by atoms with E-state index >= 15 is 0 Å². The van der Waals surface area contributed by atoms with Gasteiger partial charge >= 0.3 is 0 Å². The number of likely N-dealkylation sites (N-methyl/N-ethyl adjacent to an activating group) is 1. The number of rotatable bonds is 2. The van der Waals surface area contributed by atoms with Gasteiger partial charge in [-0.25, -0.2) is 0 Å². The molecule has 1 atom stereocenters. The first kappa shape index (κ1) is 10.6. The van der Waals surface area contributed by atoms with Crippen LogP contribution in [0.3, 0.4) is 0 Å². The maximum Gasteiger partial charge on any atom is 0.229 e. The van der Waals surface area contributed by atoms with Crippen LogP contribution in [-0.4, -0.2) is 35.2 Å². The van der Waals surface area contributed by atoms with Gasteiger partial charge in [-0.15, -0.1) is 0 Å². The standard InChI is InChI=1S/C10H18N4O/c1-7(2)8-12-9(13-15-8)10(11)4-5-14(3)6-10/h7H,4-6,11H2,1-3H3. The molecule has 0 radical (unpaired) electrons. The summed E-state index contributed by atoms with van der Waals surface area (Å²) in [6, 6.07) is 0. The van der Waals surface area contributed by atoms with E-state index in [0.717, 1.165) is 19.5 Å². The van der Waals surface area contributed by atoms with Gasteiger partial charge in [0.05, 0.1) is 5.54 Å². The lowest BCUT2D eigenvalue weighted by molar-refractivity contribution is 0.331. The van der Waals surface area contributed by atoms with E-state index in [1.165, 1.54) is 0 Å². The van der Waals surface area contributed by atoms with E-state index in [-0.39, 0.29) is 5.92 Å². The van der Waals surface area contributed by atoms with Crippen molar-refractivity contribution in [3.8, 4) is 0 Å². The summed E-state index contributed by atoms with van der Waals surface area (Å²) in [5.41, 5.74) is 5.83. The number of hydrogen-bond donors (Lipinski definition) is 1. The summed E-state index contributed by atoms with van der Waals surface area (Å²) >= 11 is 0. The molecule has 1 saturated heterocycles. The molecular weight excluding hydrogens is 192 g/mol. The molecule has 1 aromatic rings. The average molecular weight is 210 g/mol. The molecule has 1 aliphatic rings. The maximum absolute atomic E-state index is 6.26. The number of hydrogen-bond acceptors (Lipinski definition) is 5. The molecule has 0 bridgehead atoms. The van der Waals surface area contributed by atoms with E-state index in [1.807, 2.05) is 13.8 Å². The Labute approximate surface area is 89.6 Å². The zero-order chi connectivity index (χ0) is 11.1. The van der Waals surface area contributed by atoms with Gasteiger partial charge in [-0.1, -0.05) is 19.0 Å². The Morgan fingerprint density at radius 1 is 1.53 bits per heavy atom. The summed E-state index contributed by atoms with van der Waals surface area (Å²) in [7, 11) is 2.05. The van der Waals surface area contributed by atoms with Gasteiger partial charge in [0, 0.05) is 19.0 Å². The predicted molar refractivity (Wildman–Crippen MR) is 56.4 cm³/mol. The highest BCUT2D eigenvalue weighted by Gasteiger charge is 2.38. The van der Waals surface area contributed by atoms with Gasteiger partial charge in [0.2, 0.25) is 5.89 Å². The highest BCUT2D eigenvalue weighted by atomic mass is 16.5. The third-order valence-electron chi connectivity index (χ3n) is 2.87. The molecular formula is C10H18N4O. The van der Waals surface area contributed by atoms with Gasteiger partial charge in [0.25, 0.3) is 0 Å². The Morgan fingerprint density at radius 3 is 2.73 bits per heavy atom. The molecule has 1 fully saturated rings. The van der Waals surface area contributed by atoms with Crippen LogP contribution in [0.15, 0.2) is 4.52 Å². The van der Waals surface area contributed by atoms with Crippen LogP contribution in [0, 0.1) is 0 Å². The monoisotopic (exact) mass is 210 g/mol. The quantitative estimate of drug-likeness (QED) is 0.777. The summed E-state index contributed by atoms with van der Waals surface area (Å²) < 4.78 is 5.18. The molecule has 1 unspecified atom stereocenters. The summed E-state index contributed by atoms with van der Waals surface area (Å²) in [6.07, 6.45) is 0.889. The first-order valence-corrected chi connectivity index (χ1v) is 5.33. The smallest absolute Gasteiger partial charge is 0.229 e. The Bertz CT molecular complexity index is 349. The lowest BCUT2D eigenvalue weighted by atomic mass is 9.99. The van der Waals surface area contributed by atoms with Crippen molar-refractivity contribution in [2.24, 2.45) is 5.73 Å². The second-order valence-corrected chi connectivity index (χ2v) is 4.75. The van der Waals surface area contributed by atoms with Gasteiger partial charge in [-0.05, 0) is 13.5 Å². The SMILES string of the molecule is CC(C)c1nc(C2(N)CCN(C)C2)no1. The Balaban J connectivity index is 2.22. The minimum Gasteiger partial charge on any atom is -0.339 e. The maximum atomic E-state index is 6.26. The van der Waals surface area contributed by atoms with Crippen LogP contribution >= 0.6 is 0 Å². The van der Waals surface area contributed by atoms with Crippen LogP contribution in [0.1, 0.15) is 37.9 Å². The van der Waals surface area contributed by atoms with Crippen molar-refractivity contribution < 1.29 is 4.52 Å². The van der Waals surface area contributed by atoms with Crippen LogP contribution in [-0.2, 0) is 5.54 Å². The molecule has 5 nitrogen and oxygen atoms in total. The van der Waals surface area contributed by atoms with Gasteiger partial charge < -0.3 is 15.2 Å². The number of nitrogens with two attached hydrogens (primary N) is 1. The largest absolute Gasteiger partial charge is 0.339 e. The van der Waals surface area contributed by atoms with Crippen molar-refractivity contribution in [2.75, 3.05) is 20.1 Å². The summed E-state index contributed by atoms with van der Waals surface area (Å²) in [4.78, 5) is 6.55. The number of aromatic nitrogens is 2. The lowest BCUT2D eigenvalue weighted by Gasteiger charge is -2.18. The van der Waals surface area contributed by atoms with Crippen LogP contribution < -0.4 is 5.73 Å². The fraction of sp³-hybridized carbons (Fsp3) is 0.800. The zero-order valence-electron chi connectivity index (χ0n) is 9.53. The Kier molecular flexibility index (Phi) is 2.52. The molecule has 0 amide bonds. The first-order chi connectivity index (χ1) is 7.01. The zero-order valence-corrected chi connectivity index (χ0v) is 9.53. The molecule has 2 rings (SSSR count). The van der Waals surface area contributed by atoms with Crippen LogP contribution in [0.25, 0.3) is 0 Å². The molecule has 2 N–H and O–H groups in total. The minimum atomic E-state index is -0.425. The normalized spacial score (nSPS) is 27.8. The third-order valence-corrected chi connectivity index (χ3v) is 2.87. The highest BCUT2D eigenvalue weighted by Crippen LogP contribution is 2.27. The van der Waals surface area contributed by atoms with Crippen LogP contribution in [0.5, 0.6) is 0 Å². The minimum absolute atomic E-state index is 0.258. The fourth-order valence-electron chi connectivity index (χ4n) is 1.88. The molecule has 84 valence electrons. The van der Waals surface area contributed by atoms with Crippen molar-refractivity contribution in [3.05, 3.63) is 11.7 Å². The second kappa shape index (κ2) is 3.57. The van der Waals surface area contributed by atoms with E-state index in [9.17, 15) is 0 Å². The first-order valence-electron chi connectivity index (χ1n) is 5.33. The number of likely N-dealkylation sites (tertiary alicyclic amines) is 1. The van der Waals surface area contributed by atoms with Gasteiger partial charge in [-0.3, -0.25) is 0 Å². The fourth-order valence-corrected chi connectivity index (χ4v) is 1.88. The average Bonchev–Trinajstić information content (AvgIpc) is 2.73. The molecule has 0 saturated carbocycles. The molecule has 15 heavy (non-hydrogen) atoms. The molecule has 0 spiro atoms. The van der Waals surface area contributed by atoms with Crippen molar-refractivity contribution in [2.45, 2.75) is 31.7 Å².